The number of nitrogens with zero attached hydrogens (tertiary/aromatic N) is 2. The van der Waals surface area contributed by atoms with Gasteiger partial charge in [0.25, 0.3) is 0 Å². The van der Waals surface area contributed by atoms with Gasteiger partial charge in [-0.05, 0) is 31.7 Å². The summed E-state index contributed by atoms with van der Waals surface area (Å²) in [5, 5.41) is 13.1. The zero-order chi connectivity index (χ0) is 18.0. The number of aliphatic imine (C=N–C) groups is 1. The summed E-state index contributed by atoms with van der Waals surface area (Å²) < 4.78 is 14.9. The van der Waals surface area contributed by atoms with Crippen LogP contribution < -0.4 is 5.32 Å². The number of hydrogen-bond acceptors (Lipinski definition) is 9. The molecule has 0 aliphatic carbocycles. The third-order valence-electron chi connectivity index (χ3n) is 3.46. The number of rotatable bonds is 6. The second kappa shape index (κ2) is 7.65. The van der Waals surface area contributed by atoms with Gasteiger partial charge in [-0.3, -0.25) is 15.2 Å². The van der Waals surface area contributed by atoms with Crippen LogP contribution in [0.3, 0.4) is 0 Å². The maximum atomic E-state index is 14.2. The largest absolute Gasteiger partial charge is 0.508 e. The SMILES string of the molecule is CCC(NC)OOC(=O)[C@@H]1N=C(c2nc3ccc(O)cc3s2)SC1F. The number of carbonyl (C=O) groups is 1. The van der Waals surface area contributed by atoms with Crippen LogP contribution in [0.4, 0.5) is 4.39 Å². The van der Waals surface area contributed by atoms with Crippen LogP contribution in [0.5, 0.6) is 5.75 Å². The van der Waals surface area contributed by atoms with E-state index < -0.39 is 23.7 Å². The van der Waals surface area contributed by atoms with Gasteiger partial charge in [0.15, 0.2) is 17.8 Å². The standard InChI is InChI=1S/C15H16FN3O4S2/c1-3-10(17-2)22-23-15(21)11-12(16)25-14(19-11)13-18-8-5-4-7(20)6-9(8)24-13/h4-6,10-12,17,20H,3H2,1-2H3/t10?,11-,12?/m1/s1. The van der Waals surface area contributed by atoms with E-state index in [2.05, 4.69) is 20.2 Å². The third-order valence-corrected chi connectivity index (χ3v) is 5.62. The van der Waals surface area contributed by atoms with Crippen LogP contribution in [0, 0.1) is 0 Å². The lowest BCUT2D eigenvalue weighted by atomic mass is 10.3. The van der Waals surface area contributed by atoms with E-state index in [0.29, 0.717) is 22.0 Å². The van der Waals surface area contributed by atoms with Gasteiger partial charge in [0, 0.05) is 0 Å². The molecule has 1 aromatic carbocycles. The summed E-state index contributed by atoms with van der Waals surface area (Å²) >= 11 is 2.08. The minimum Gasteiger partial charge on any atom is -0.508 e. The van der Waals surface area contributed by atoms with Gasteiger partial charge in [0.2, 0.25) is 0 Å². The lowest BCUT2D eigenvalue weighted by Gasteiger charge is -2.14. The Morgan fingerprint density at radius 2 is 2.32 bits per heavy atom. The zero-order valence-corrected chi connectivity index (χ0v) is 15.1. The molecule has 0 bridgehead atoms. The van der Waals surface area contributed by atoms with Crippen molar-refractivity contribution in [3.05, 3.63) is 23.2 Å². The molecule has 2 N–H and O–H groups in total. The van der Waals surface area contributed by atoms with E-state index >= 15 is 0 Å². The van der Waals surface area contributed by atoms with Gasteiger partial charge in [0.1, 0.15) is 15.8 Å². The van der Waals surface area contributed by atoms with Crippen LogP contribution in [0.25, 0.3) is 10.2 Å². The molecule has 0 radical (unpaired) electrons. The van der Waals surface area contributed by atoms with Crippen LogP contribution in [-0.4, -0.2) is 45.9 Å². The molecular formula is C15H16FN3O4S2. The van der Waals surface area contributed by atoms with Crippen molar-refractivity contribution in [1.82, 2.24) is 10.3 Å². The van der Waals surface area contributed by atoms with Crippen LogP contribution in [-0.2, 0) is 14.6 Å². The number of benzene rings is 1. The molecule has 3 rings (SSSR count). The molecule has 2 aromatic rings. The Morgan fingerprint density at radius 1 is 1.52 bits per heavy atom. The Morgan fingerprint density at radius 3 is 3.04 bits per heavy atom. The van der Waals surface area contributed by atoms with Crippen LogP contribution >= 0.6 is 23.1 Å². The molecule has 0 saturated heterocycles. The number of hydrogen-bond donors (Lipinski definition) is 2. The Labute approximate surface area is 151 Å². The highest BCUT2D eigenvalue weighted by molar-refractivity contribution is 8.15. The number of phenolic OH excluding ortho intramolecular Hbond substituents is 1. The van der Waals surface area contributed by atoms with E-state index in [1.54, 1.807) is 19.2 Å². The fourth-order valence-corrected chi connectivity index (χ4v) is 4.13. The molecule has 1 aliphatic rings. The molecule has 2 unspecified atom stereocenters. The fourth-order valence-electron chi connectivity index (χ4n) is 2.13. The van der Waals surface area contributed by atoms with Crippen LogP contribution in [0.15, 0.2) is 23.2 Å². The predicted octanol–water partition coefficient (Wildman–Crippen LogP) is 2.59. The summed E-state index contributed by atoms with van der Waals surface area (Å²) in [5.41, 5.74) is -0.896. The molecule has 0 saturated carbocycles. The number of thioether (sulfide) groups is 1. The molecule has 2 heterocycles. The Bertz CT molecular complexity index is 809. The Kier molecular flexibility index (Phi) is 5.52. The second-order valence-electron chi connectivity index (χ2n) is 5.20. The number of carbonyl (C=O) groups excluding carboxylic acids is 1. The first-order valence-corrected chi connectivity index (χ1v) is 9.24. The van der Waals surface area contributed by atoms with Crippen molar-refractivity contribution in [3.63, 3.8) is 0 Å². The van der Waals surface area contributed by atoms with Gasteiger partial charge < -0.3 is 5.11 Å². The average Bonchev–Trinajstić information content (AvgIpc) is 3.18. The van der Waals surface area contributed by atoms with Crippen molar-refractivity contribution in [2.24, 2.45) is 4.99 Å². The first-order valence-electron chi connectivity index (χ1n) is 7.54. The quantitative estimate of drug-likeness (QED) is 0.448. The van der Waals surface area contributed by atoms with Gasteiger partial charge in [-0.2, -0.15) is 4.89 Å². The van der Waals surface area contributed by atoms with Crippen molar-refractivity contribution < 1.29 is 24.1 Å². The number of fused-ring (bicyclic) bond motifs is 1. The molecule has 25 heavy (non-hydrogen) atoms. The summed E-state index contributed by atoms with van der Waals surface area (Å²) in [6.45, 7) is 1.85. The highest BCUT2D eigenvalue weighted by Gasteiger charge is 2.39. The summed E-state index contributed by atoms with van der Waals surface area (Å²) in [7, 11) is 1.66. The number of phenols is 1. The molecule has 0 amide bonds. The minimum atomic E-state index is -1.57. The molecule has 1 aromatic heterocycles. The number of nitrogens with one attached hydrogen (secondary N) is 1. The van der Waals surface area contributed by atoms with Gasteiger partial charge >= 0.3 is 5.97 Å². The van der Waals surface area contributed by atoms with Gasteiger partial charge in [-0.25, -0.2) is 14.2 Å². The maximum Gasteiger partial charge on any atom is 0.370 e. The molecule has 1 aliphatic heterocycles. The topological polar surface area (TPSA) is 93.0 Å². The lowest BCUT2D eigenvalue weighted by Crippen LogP contribution is -2.32. The highest BCUT2D eigenvalue weighted by atomic mass is 32.2. The normalized spacial score (nSPS) is 21.3. The van der Waals surface area contributed by atoms with Crippen molar-refractivity contribution >= 4 is 44.3 Å². The Balaban J connectivity index is 1.74. The van der Waals surface area contributed by atoms with Crippen molar-refractivity contribution in [1.29, 1.82) is 0 Å². The smallest absolute Gasteiger partial charge is 0.370 e. The number of thiazole rings is 1. The molecule has 0 spiro atoms. The van der Waals surface area contributed by atoms with E-state index in [-0.39, 0.29) is 5.75 Å². The van der Waals surface area contributed by atoms with Crippen molar-refractivity contribution in [3.8, 4) is 5.75 Å². The van der Waals surface area contributed by atoms with Gasteiger partial charge in [-0.15, -0.1) is 11.3 Å². The van der Waals surface area contributed by atoms with Crippen molar-refractivity contribution in [2.75, 3.05) is 7.05 Å². The number of aromatic hydroxyl groups is 1. The van der Waals surface area contributed by atoms with E-state index in [4.69, 9.17) is 4.89 Å². The van der Waals surface area contributed by atoms with E-state index in [1.807, 2.05) is 6.92 Å². The van der Waals surface area contributed by atoms with Gasteiger partial charge in [0.05, 0.1) is 10.2 Å². The first kappa shape index (κ1) is 18.1. The number of alkyl halides is 1. The second-order valence-corrected chi connectivity index (χ2v) is 7.31. The summed E-state index contributed by atoms with van der Waals surface area (Å²) in [5.74, 6) is -0.761. The van der Waals surface area contributed by atoms with E-state index in [1.165, 1.54) is 17.4 Å². The van der Waals surface area contributed by atoms with Crippen molar-refractivity contribution in [2.45, 2.75) is 31.1 Å². The molecule has 10 heteroatoms. The monoisotopic (exact) mass is 385 g/mol. The summed E-state index contributed by atoms with van der Waals surface area (Å²) in [6, 6.07) is 3.47. The predicted molar refractivity (Wildman–Crippen MR) is 94.4 cm³/mol. The first-order chi connectivity index (χ1) is 12.0. The average molecular weight is 385 g/mol. The molecular weight excluding hydrogens is 369 g/mol. The van der Waals surface area contributed by atoms with E-state index in [9.17, 15) is 14.3 Å². The lowest BCUT2D eigenvalue weighted by molar-refractivity contribution is -0.304. The number of aromatic nitrogens is 1. The molecule has 0 fully saturated rings. The third kappa shape index (κ3) is 3.92. The molecule has 7 nitrogen and oxygen atoms in total. The summed E-state index contributed by atoms with van der Waals surface area (Å²) in [6.07, 6.45) is 0.117. The maximum absolute atomic E-state index is 14.2. The van der Waals surface area contributed by atoms with E-state index in [0.717, 1.165) is 16.5 Å². The molecule has 134 valence electrons. The zero-order valence-electron chi connectivity index (χ0n) is 13.4. The Hall–Kier alpha value is -1.75. The van der Waals surface area contributed by atoms with Crippen LogP contribution in [0.1, 0.15) is 18.4 Å². The van der Waals surface area contributed by atoms with Crippen LogP contribution in [0.2, 0.25) is 0 Å². The fraction of sp³-hybridized carbons (Fsp3) is 0.400. The highest BCUT2D eigenvalue weighted by Crippen LogP contribution is 2.35. The molecule has 3 atom stereocenters. The van der Waals surface area contributed by atoms with Gasteiger partial charge in [-0.1, -0.05) is 18.7 Å². The number of halogens is 1. The summed E-state index contributed by atoms with van der Waals surface area (Å²) in [4.78, 5) is 30.1. The minimum absolute atomic E-state index is 0.126.